The monoisotopic (exact) mass is 234 g/mol. The highest BCUT2D eigenvalue weighted by atomic mass is 16.2. The Bertz CT molecular complexity index is 420. The van der Waals surface area contributed by atoms with Crippen LogP contribution in [0.15, 0.2) is 0 Å². The first-order valence-electron chi connectivity index (χ1n) is 6.46. The maximum absolute atomic E-state index is 12.1. The van der Waals surface area contributed by atoms with E-state index in [4.69, 9.17) is 0 Å². The van der Waals surface area contributed by atoms with Crippen LogP contribution in [-0.2, 0) is 12.8 Å². The predicted octanol–water partition coefficient (Wildman–Crippen LogP) is 1.03. The molecule has 1 amide bonds. The minimum Gasteiger partial charge on any atom is -0.283 e. The van der Waals surface area contributed by atoms with E-state index in [0.717, 1.165) is 43.6 Å². The highest BCUT2D eigenvalue weighted by Gasteiger charge is 2.24. The van der Waals surface area contributed by atoms with Gasteiger partial charge in [0.15, 0.2) is 5.69 Å². The molecular formula is C12H18N4O. The average molecular weight is 234 g/mol. The summed E-state index contributed by atoms with van der Waals surface area (Å²) in [6.45, 7) is 1.91. The number of fused-ring (bicyclic) bond motifs is 1. The van der Waals surface area contributed by atoms with Gasteiger partial charge < -0.3 is 0 Å². The zero-order chi connectivity index (χ0) is 11.7. The summed E-state index contributed by atoms with van der Waals surface area (Å²) in [5, 5.41) is 9.13. The van der Waals surface area contributed by atoms with E-state index in [1.807, 2.05) is 5.01 Å². The molecular weight excluding hydrogens is 216 g/mol. The number of aromatic nitrogens is 2. The van der Waals surface area contributed by atoms with Gasteiger partial charge in [0.05, 0.1) is 0 Å². The Morgan fingerprint density at radius 1 is 1.18 bits per heavy atom. The maximum Gasteiger partial charge on any atom is 0.286 e. The minimum absolute atomic E-state index is 0.0497. The number of carbonyl (C=O) groups is 1. The van der Waals surface area contributed by atoms with Gasteiger partial charge in [-0.15, -0.1) is 0 Å². The van der Waals surface area contributed by atoms with E-state index in [-0.39, 0.29) is 5.91 Å². The molecule has 1 aromatic heterocycles. The van der Waals surface area contributed by atoms with Crippen molar-refractivity contribution in [3.63, 3.8) is 0 Å². The molecule has 0 saturated carbocycles. The Hall–Kier alpha value is -1.36. The number of aromatic amines is 1. The lowest BCUT2D eigenvalue weighted by molar-refractivity contribution is 0.0744. The zero-order valence-corrected chi connectivity index (χ0v) is 9.96. The molecule has 2 aliphatic rings. The van der Waals surface area contributed by atoms with Gasteiger partial charge in [-0.3, -0.25) is 15.3 Å². The lowest BCUT2D eigenvalue weighted by Gasteiger charge is -2.26. The number of aryl methyl sites for hydroxylation is 1. The van der Waals surface area contributed by atoms with Gasteiger partial charge in [-0.1, -0.05) is 6.42 Å². The molecule has 5 heteroatoms. The number of rotatable bonds is 2. The number of carbonyl (C=O) groups excluding carboxylic acids is 1. The molecule has 1 aliphatic carbocycles. The summed E-state index contributed by atoms with van der Waals surface area (Å²) in [7, 11) is 0. The Kier molecular flexibility index (Phi) is 2.84. The summed E-state index contributed by atoms with van der Waals surface area (Å²) in [5.74, 6) is -0.0497. The number of nitrogens with zero attached hydrogens (tertiary/aromatic N) is 2. The fourth-order valence-corrected chi connectivity index (χ4v) is 2.71. The van der Waals surface area contributed by atoms with Crippen LogP contribution in [0.5, 0.6) is 0 Å². The first-order valence-corrected chi connectivity index (χ1v) is 6.46. The Morgan fingerprint density at radius 2 is 2.00 bits per heavy atom. The number of hydrogen-bond acceptors (Lipinski definition) is 3. The second-order valence-corrected chi connectivity index (χ2v) is 4.87. The van der Waals surface area contributed by atoms with Crippen LogP contribution in [-0.4, -0.2) is 34.2 Å². The Balaban J connectivity index is 1.69. The highest BCUT2D eigenvalue weighted by molar-refractivity contribution is 5.93. The molecule has 0 spiro atoms. The topological polar surface area (TPSA) is 61.0 Å². The number of amides is 1. The third-order valence-corrected chi connectivity index (χ3v) is 3.64. The molecule has 0 radical (unpaired) electrons. The molecule has 0 unspecified atom stereocenters. The van der Waals surface area contributed by atoms with Crippen molar-refractivity contribution in [1.82, 2.24) is 20.6 Å². The summed E-state index contributed by atoms with van der Waals surface area (Å²) >= 11 is 0. The van der Waals surface area contributed by atoms with E-state index < -0.39 is 0 Å². The van der Waals surface area contributed by atoms with Gasteiger partial charge in [-0.25, -0.2) is 5.01 Å². The molecule has 0 bridgehead atoms. The summed E-state index contributed by atoms with van der Waals surface area (Å²) in [6.07, 6.45) is 6.74. The van der Waals surface area contributed by atoms with Crippen LogP contribution in [0.4, 0.5) is 0 Å². The second kappa shape index (κ2) is 4.49. The van der Waals surface area contributed by atoms with Gasteiger partial charge >= 0.3 is 0 Å². The van der Waals surface area contributed by atoms with Crippen molar-refractivity contribution in [2.75, 3.05) is 13.1 Å². The van der Waals surface area contributed by atoms with Crippen LogP contribution < -0.4 is 5.43 Å². The number of hydrogen-bond donors (Lipinski definition) is 2. The maximum atomic E-state index is 12.1. The molecule has 1 aliphatic heterocycles. The number of hydrazine groups is 1. The number of piperidine rings is 1. The van der Waals surface area contributed by atoms with E-state index in [1.165, 1.54) is 19.3 Å². The van der Waals surface area contributed by atoms with Crippen molar-refractivity contribution >= 4 is 5.91 Å². The normalized spacial score (nSPS) is 20.2. The van der Waals surface area contributed by atoms with Crippen molar-refractivity contribution in [3.8, 4) is 0 Å². The standard InChI is InChI=1S/C12H18N4O/c17-12(15-16-7-2-1-3-8-16)11-9-5-4-6-10(9)13-14-11/h1-8H2,(H,13,14)(H,15,17). The van der Waals surface area contributed by atoms with Crippen LogP contribution in [0.25, 0.3) is 0 Å². The minimum atomic E-state index is -0.0497. The number of nitrogens with one attached hydrogen (secondary N) is 2. The van der Waals surface area contributed by atoms with E-state index in [9.17, 15) is 4.79 Å². The molecule has 1 fully saturated rings. The Labute approximate surface area is 101 Å². The molecule has 17 heavy (non-hydrogen) atoms. The molecule has 5 nitrogen and oxygen atoms in total. The lowest BCUT2D eigenvalue weighted by Crippen LogP contribution is -2.45. The van der Waals surface area contributed by atoms with Gasteiger partial charge in [0, 0.05) is 24.3 Å². The molecule has 1 aromatic rings. The number of H-pyrrole nitrogens is 1. The average Bonchev–Trinajstić information content (AvgIpc) is 2.91. The van der Waals surface area contributed by atoms with Gasteiger partial charge in [0.25, 0.3) is 5.91 Å². The third-order valence-electron chi connectivity index (χ3n) is 3.64. The van der Waals surface area contributed by atoms with Crippen LogP contribution in [0.2, 0.25) is 0 Å². The van der Waals surface area contributed by atoms with Crippen molar-refractivity contribution in [2.45, 2.75) is 38.5 Å². The fourth-order valence-electron chi connectivity index (χ4n) is 2.71. The van der Waals surface area contributed by atoms with Gasteiger partial charge in [-0.05, 0) is 32.1 Å². The molecule has 1 saturated heterocycles. The van der Waals surface area contributed by atoms with Crippen LogP contribution in [0.3, 0.4) is 0 Å². The van der Waals surface area contributed by atoms with E-state index in [0.29, 0.717) is 5.69 Å². The first kappa shape index (κ1) is 10.8. The van der Waals surface area contributed by atoms with Crippen molar-refractivity contribution in [2.24, 2.45) is 0 Å². The van der Waals surface area contributed by atoms with Crippen LogP contribution >= 0.6 is 0 Å². The molecule has 0 aromatic carbocycles. The lowest BCUT2D eigenvalue weighted by atomic mass is 10.1. The molecule has 2 heterocycles. The summed E-state index contributed by atoms with van der Waals surface area (Å²) in [5.41, 5.74) is 5.83. The molecule has 3 rings (SSSR count). The van der Waals surface area contributed by atoms with E-state index in [2.05, 4.69) is 15.6 Å². The molecule has 92 valence electrons. The van der Waals surface area contributed by atoms with Gasteiger partial charge in [0.1, 0.15) is 0 Å². The molecule has 2 N–H and O–H groups in total. The molecule has 0 atom stereocenters. The third kappa shape index (κ3) is 2.07. The van der Waals surface area contributed by atoms with Crippen LogP contribution in [0.1, 0.15) is 47.4 Å². The Morgan fingerprint density at radius 3 is 2.82 bits per heavy atom. The fraction of sp³-hybridized carbons (Fsp3) is 0.667. The first-order chi connectivity index (χ1) is 8.34. The summed E-state index contributed by atoms with van der Waals surface area (Å²) in [4.78, 5) is 12.1. The van der Waals surface area contributed by atoms with E-state index >= 15 is 0 Å². The van der Waals surface area contributed by atoms with Crippen molar-refractivity contribution in [3.05, 3.63) is 17.0 Å². The largest absolute Gasteiger partial charge is 0.286 e. The predicted molar refractivity (Wildman–Crippen MR) is 63.5 cm³/mol. The summed E-state index contributed by atoms with van der Waals surface area (Å²) in [6, 6.07) is 0. The SMILES string of the molecule is O=C(NN1CCCCC1)c1n[nH]c2c1CCC2. The summed E-state index contributed by atoms with van der Waals surface area (Å²) < 4.78 is 0. The highest BCUT2D eigenvalue weighted by Crippen LogP contribution is 2.22. The quantitative estimate of drug-likeness (QED) is 0.803. The van der Waals surface area contributed by atoms with Crippen LogP contribution in [0, 0.1) is 0 Å². The second-order valence-electron chi connectivity index (χ2n) is 4.87. The van der Waals surface area contributed by atoms with E-state index in [1.54, 1.807) is 0 Å². The smallest absolute Gasteiger partial charge is 0.283 e. The zero-order valence-electron chi connectivity index (χ0n) is 9.96. The van der Waals surface area contributed by atoms with Gasteiger partial charge in [0.2, 0.25) is 0 Å². The van der Waals surface area contributed by atoms with Crippen molar-refractivity contribution < 1.29 is 4.79 Å². The van der Waals surface area contributed by atoms with Crippen molar-refractivity contribution in [1.29, 1.82) is 0 Å². The van der Waals surface area contributed by atoms with Gasteiger partial charge in [-0.2, -0.15) is 5.10 Å².